The number of cyclic esters (lactones) is 1. The van der Waals surface area contributed by atoms with E-state index in [1.165, 1.54) is 4.40 Å². The summed E-state index contributed by atoms with van der Waals surface area (Å²) in [4.78, 5) is 35.4. The number of H-pyrrole nitrogens is 1. The van der Waals surface area contributed by atoms with Crippen LogP contribution in [0, 0.1) is 0 Å². The minimum Gasteiger partial charge on any atom is -0.508 e. The van der Waals surface area contributed by atoms with Gasteiger partial charge in [-0.25, -0.2) is 9.78 Å². The molecule has 3 N–H and O–H groups in total. The summed E-state index contributed by atoms with van der Waals surface area (Å²) in [6, 6.07) is 4.95. The van der Waals surface area contributed by atoms with Crippen LogP contribution in [-0.2, 0) is 28.3 Å². The monoisotopic (exact) mass is 422 g/mol. The number of benzene rings is 1. The van der Waals surface area contributed by atoms with Crippen molar-refractivity contribution in [3.63, 3.8) is 0 Å². The quantitative estimate of drug-likeness (QED) is 0.430. The number of esters is 1. The molecule has 0 radical (unpaired) electrons. The molecule has 3 aromatic heterocycles. The molecule has 0 fully saturated rings. The van der Waals surface area contributed by atoms with Crippen molar-refractivity contribution in [3.05, 3.63) is 51.4 Å². The fraction of sp³-hybridized carbons (Fsp3) is 0.318. The SMILES string of the molecule is CC[C@@]1(O)C(=O)OCc2c1cc1c3nc4ccc(O)c(CN(C)C)c4[nH]c3cn1c2=O. The molecular weight excluding hydrogens is 400 g/mol. The fourth-order valence-electron chi connectivity index (χ4n) is 4.31. The van der Waals surface area contributed by atoms with E-state index in [2.05, 4.69) is 4.98 Å². The predicted molar refractivity (Wildman–Crippen MR) is 114 cm³/mol. The summed E-state index contributed by atoms with van der Waals surface area (Å²) in [6.45, 7) is 1.99. The number of rotatable bonds is 3. The van der Waals surface area contributed by atoms with Crippen LogP contribution in [-0.4, -0.2) is 49.5 Å². The number of fused-ring (bicyclic) bond motifs is 5. The van der Waals surface area contributed by atoms with Crippen molar-refractivity contribution in [1.82, 2.24) is 19.3 Å². The molecular formula is C22H22N4O5. The number of carbonyl (C=O) groups is 1. The van der Waals surface area contributed by atoms with Gasteiger partial charge in [0.15, 0.2) is 5.60 Å². The molecule has 0 amide bonds. The zero-order chi connectivity index (χ0) is 22.1. The van der Waals surface area contributed by atoms with Crippen LogP contribution < -0.4 is 5.56 Å². The van der Waals surface area contributed by atoms with Gasteiger partial charge >= 0.3 is 5.97 Å². The Kier molecular flexibility index (Phi) is 4.11. The van der Waals surface area contributed by atoms with Crippen molar-refractivity contribution in [2.24, 2.45) is 0 Å². The number of aromatic hydroxyl groups is 1. The second-order valence-electron chi connectivity index (χ2n) is 8.21. The Bertz CT molecular complexity index is 1450. The highest BCUT2D eigenvalue weighted by molar-refractivity contribution is 5.98. The maximum atomic E-state index is 13.2. The van der Waals surface area contributed by atoms with Crippen LogP contribution in [0.1, 0.15) is 30.0 Å². The lowest BCUT2D eigenvalue weighted by Gasteiger charge is -2.31. The first-order valence-electron chi connectivity index (χ1n) is 10.0. The number of nitrogens with one attached hydrogen (secondary N) is 1. The van der Waals surface area contributed by atoms with Crippen LogP contribution in [0.15, 0.2) is 29.2 Å². The summed E-state index contributed by atoms with van der Waals surface area (Å²) in [7, 11) is 3.81. The Morgan fingerprint density at radius 2 is 2.10 bits per heavy atom. The van der Waals surface area contributed by atoms with Crippen molar-refractivity contribution in [3.8, 4) is 5.75 Å². The van der Waals surface area contributed by atoms with Crippen LogP contribution in [0.3, 0.4) is 0 Å². The van der Waals surface area contributed by atoms with E-state index in [9.17, 15) is 19.8 Å². The zero-order valence-corrected chi connectivity index (χ0v) is 17.4. The van der Waals surface area contributed by atoms with Crippen molar-refractivity contribution in [2.45, 2.75) is 32.1 Å². The number of carbonyl (C=O) groups excluding carboxylic acids is 1. The third-order valence-electron chi connectivity index (χ3n) is 5.97. The summed E-state index contributed by atoms with van der Waals surface area (Å²) in [5.74, 6) is -0.595. The highest BCUT2D eigenvalue weighted by atomic mass is 16.6. The molecule has 9 nitrogen and oxygen atoms in total. The number of hydrogen-bond acceptors (Lipinski definition) is 7. The number of phenolic OH excluding ortho intramolecular Hbond substituents is 1. The van der Waals surface area contributed by atoms with Crippen LogP contribution in [0.2, 0.25) is 0 Å². The first kappa shape index (κ1) is 19.5. The van der Waals surface area contributed by atoms with E-state index < -0.39 is 11.6 Å². The molecule has 0 bridgehead atoms. The van der Waals surface area contributed by atoms with Crippen molar-refractivity contribution < 1.29 is 19.7 Å². The van der Waals surface area contributed by atoms with Gasteiger partial charge in [0.25, 0.3) is 5.56 Å². The number of aliphatic hydroxyl groups is 1. The molecule has 1 atom stereocenters. The first-order valence-corrected chi connectivity index (χ1v) is 10.0. The molecule has 9 heteroatoms. The molecule has 31 heavy (non-hydrogen) atoms. The fourth-order valence-corrected chi connectivity index (χ4v) is 4.31. The summed E-state index contributed by atoms with van der Waals surface area (Å²) in [5.41, 5.74) is 1.93. The summed E-state index contributed by atoms with van der Waals surface area (Å²) >= 11 is 0. The topological polar surface area (TPSA) is 120 Å². The van der Waals surface area contributed by atoms with Crippen LogP contribution in [0.5, 0.6) is 5.75 Å². The maximum Gasteiger partial charge on any atom is 0.343 e. The molecule has 1 aliphatic rings. The van der Waals surface area contributed by atoms with Crippen molar-refractivity contribution in [2.75, 3.05) is 14.1 Å². The minimum atomic E-state index is -1.86. The minimum absolute atomic E-state index is 0.0861. The Morgan fingerprint density at radius 3 is 2.81 bits per heavy atom. The van der Waals surface area contributed by atoms with E-state index in [1.807, 2.05) is 19.0 Å². The zero-order valence-electron chi connectivity index (χ0n) is 17.4. The Hall–Kier alpha value is -3.43. The number of aromatic nitrogens is 3. The first-order chi connectivity index (χ1) is 14.7. The van der Waals surface area contributed by atoms with Gasteiger partial charge in [-0.1, -0.05) is 6.92 Å². The molecule has 0 saturated heterocycles. The number of phenols is 1. The second-order valence-corrected chi connectivity index (χ2v) is 8.21. The average Bonchev–Trinajstić information content (AvgIpc) is 3.10. The van der Waals surface area contributed by atoms with Crippen LogP contribution in [0.4, 0.5) is 0 Å². The third kappa shape index (κ3) is 2.67. The van der Waals surface area contributed by atoms with Crippen LogP contribution in [0.25, 0.3) is 27.6 Å². The summed E-state index contributed by atoms with van der Waals surface area (Å²) in [5, 5.41) is 21.3. The molecule has 0 spiro atoms. The van der Waals surface area contributed by atoms with E-state index in [1.54, 1.807) is 31.3 Å². The highest BCUT2D eigenvalue weighted by Gasteiger charge is 2.44. The van der Waals surface area contributed by atoms with Crippen molar-refractivity contribution in [1.29, 1.82) is 0 Å². The van der Waals surface area contributed by atoms with Gasteiger partial charge in [-0.05, 0) is 38.7 Å². The molecule has 160 valence electrons. The summed E-state index contributed by atoms with van der Waals surface area (Å²) in [6.07, 6.45) is 1.73. The van der Waals surface area contributed by atoms with E-state index in [-0.39, 0.29) is 35.5 Å². The van der Waals surface area contributed by atoms with Gasteiger partial charge in [-0.15, -0.1) is 0 Å². The lowest BCUT2D eigenvalue weighted by Crippen LogP contribution is -2.43. The van der Waals surface area contributed by atoms with Gasteiger partial charge in [0.05, 0.1) is 27.6 Å². The van der Waals surface area contributed by atoms with E-state index >= 15 is 0 Å². The van der Waals surface area contributed by atoms with E-state index in [4.69, 9.17) is 9.72 Å². The maximum absolute atomic E-state index is 13.2. The largest absolute Gasteiger partial charge is 0.508 e. The number of hydrogen-bond donors (Lipinski definition) is 3. The van der Waals surface area contributed by atoms with Crippen LogP contribution >= 0.6 is 0 Å². The molecule has 1 aromatic carbocycles. The molecule has 4 aromatic rings. The van der Waals surface area contributed by atoms with Gasteiger partial charge in [0.1, 0.15) is 17.9 Å². The number of pyridine rings is 1. The van der Waals surface area contributed by atoms with Gasteiger partial charge in [0, 0.05) is 23.9 Å². The normalized spacial score (nSPS) is 18.8. The smallest absolute Gasteiger partial charge is 0.343 e. The van der Waals surface area contributed by atoms with Gasteiger partial charge in [-0.3, -0.25) is 9.20 Å². The predicted octanol–water partition coefficient (Wildman–Crippen LogP) is 1.75. The number of nitrogens with zero attached hydrogens (tertiary/aromatic N) is 3. The average molecular weight is 422 g/mol. The molecule has 1 aliphatic heterocycles. The van der Waals surface area contributed by atoms with Gasteiger partial charge in [-0.2, -0.15) is 0 Å². The van der Waals surface area contributed by atoms with E-state index in [0.29, 0.717) is 39.7 Å². The number of ether oxygens (including phenoxy) is 1. The Balaban J connectivity index is 1.86. The lowest BCUT2D eigenvalue weighted by atomic mass is 9.86. The molecule has 5 rings (SSSR count). The standard InChI is InChI=1S/C22H22N4O5/c1-4-22(30)13-7-16-19-15(9-26(16)20(28)12(13)10-31-21(22)29)24-18-11(8-25(2)3)17(27)6-5-14(18)23-19/h5-7,9,24,27,30H,4,8,10H2,1-3H3/t22-/m0/s1. The number of aromatic amines is 1. The van der Waals surface area contributed by atoms with Gasteiger partial charge < -0.3 is 24.8 Å². The highest BCUT2D eigenvalue weighted by Crippen LogP contribution is 2.35. The van der Waals surface area contributed by atoms with Crippen molar-refractivity contribution >= 4 is 33.6 Å². The molecule has 0 saturated carbocycles. The Labute approximate surface area is 176 Å². The Morgan fingerprint density at radius 1 is 1.32 bits per heavy atom. The van der Waals surface area contributed by atoms with E-state index in [0.717, 1.165) is 0 Å². The summed E-state index contributed by atoms with van der Waals surface area (Å²) < 4.78 is 6.54. The van der Waals surface area contributed by atoms with Gasteiger partial charge in [0.2, 0.25) is 0 Å². The second kappa shape index (κ2) is 6.53. The molecule has 0 unspecified atom stereocenters. The molecule has 4 heterocycles. The third-order valence-corrected chi connectivity index (χ3v) is 5.97. The lowest BCUT2D eigenvalue weighted by molar-refractivity contribution is -0.172. The molecule has 0 aliphatic carbocycles.